The van der Waals surface area contributed by atoms with Crippen LogP contribution in [0.5, 0.6) is 0 Å². The van der Waals surface area contributed by atoms with Gasteiger partial charge in [0.1, 0.15) is 5.01 Å². The van der Waals surface area contributed by atoms with E-state index in [1.807, 2.05) is 0 Å². The van der Waals surface area contributed by atoms with E-state index < -0.39 is 0 Å². The molecule has 1 aliphatic heterocycles. The lowest BCUT2D eigenvalue weighted by Crippen LogP contribution is -2.36. The summed E-state index contributed by atoms with van der Waals surface area (Å²) in [5, 5.41) is 9.92. The van der Waals surface area contributed by atoms with Crippen molar-refractivity contribution in [2.45, 2.75) is 32.9 Å². The molecule has 1 saturated heterocycles. The zero-order valence-corrected chi connectivity index (χ0v) is 17.2. The van der Waals surface area contributed by atoms with Crippen molar-refractivity contribution < 1.29 is 4.74 Å². The lowest BCUT2D eigenvalue weighted by Gasteiger charge is -2.28. The van der Waals surface area contributed by atoms with Crippen LogP contribution in [0.1, 0.15) is 36.0 Å². The van der Waals surface area contributed by atoms with Crippen LogP contribution < -0.4 is 15.5 Å². The van der Waals surface area contributed by atoms with Crippen molar-refractivity contribution in [1.82, 2.24) is 15.6 Å². The van der Waals surface area contributed by atoms with Crippen molar-refractivity contribution in [2.24, 2.45) is 4.99 Å². The number of nitrogens with zero attached hydrogens (tertiary/aromatic N) is 3. The number of aliphatic imine (C=N–C) groups is 1. The minimum atomic E-state index is 0.466. The molecule has 0 saturated carbocycles. The van der Waals surface area contributed by atoms with E-state index in [0.717, 1.165) is 49.5 Å². The number of benzene rings is 1. The van der Waals surface area contributed by atoms with Gasteiger partial charge in [-0.1, -0.05) is 26.0 Å². The van der Waals surface area contributed by atoms with E-state index in [1.165, 1.54) is 11.3 Å². The van der Waals surface area contributed by atoms with Gasteiger partial charge in [-0.15, -0.1) is 11.3 Å². The van der Waals surface area contributed by atoms with E-state index >= 15 is 0 Å². The van der Waals surface area contributed by atoms with Crippen LogP contribution in [0, 0.1) is 0 Å². The van der Waals surface area contributed by atoms with Crippen molar-refractivity contribution in [3.8, 4) is 0 Å². The molecular formula is C20H29N5OS. The third-order valence-electron chi connectivity index (χ3n) is 4.56. The first-order valence-electron chi connectivity index (χ1n) is 9.46. The molecule has 0 amide bonds. The standard InChI is InChI=1S/C20H29N5OS/c1-15(2)18-14-27-19(24-18)13-23-20(21-3)22-12-16-4-6-17(7-5-16)25-8-10-26-11-9-25/h4-7,14-15H,8-13H2,1-3H3,(H2,21,22,23). The number of ether oxygens (including phenoxy) is 1. The summed E-state index contributed by atoms with van der Waals surface area (Å²) in [5.74, 6) is 1.25. The Hall–Kier alpha value is -2.12. The predicted molar refractivity (Wildman–Crippen MR) is 113 cm³/mol. The Bertz CT molecular complexity index is 735. The zero-order valence-electron chi connectivity index (χ0n) is 16.4. The minimum Gasteiger partial charge on any atom is -0.378 e. The number of guanidine groups is 1. The number of anilines is 1. The third kappa shape index (κ3) is 5.68. The van der Waals surface area contributed by atoms with Gasteiger partial charge >= 0.3 is 0 Å². The molecule has 2 heterocycles. The van der Waals surface area contributed by atoms with Gasteiger partial charge in [0.15, 0.2) is 5.96 Å². The molecule has 27 heavy (non-hydrogen) atoms. The fraction of sp³-hybridized carbons (Fsp3) is 0.500. The summed E-state index contributed by atoms with van der Waals surface area (Å²) in [6.07, 6.45) is 0. The first-order valence-corrected chi connectivity index (χ1v) is 10.3. The maximum atomic E-state index is 5.41. The molecule has 1 aromatic carbocycles. The highest BCUT2D eigenvalue weighted by Crippen LogP contribution is 2.18. The SMILES string of the molecule is CN=C(NCc1ccc(N2CCOCC2)cc1)NCc1nc(C(C)C)cs1. The maximum absolute atomic E-state index is 5.41. The fourth-order valence-corrected chi connectivity index (χ4v) is 3.78. The number of aromatic nitrogens is 1. The fourth-order valence-electron chi connectivity index (χ4n) is 2.88. The molecule has 146 valence electrons. The van der Waals surface area contributed by atoms with E-state index in [-0.39, 0.29) is 0 Å². The summed E-state index contributed by atoms with van der Waals surface area (Å²) in [5.41, 5.74) is 3.64. The van der Waals surface area contributed by atoms with Gasteiger partial charge in [0, 0.05) is 37.7 Å². The molecule has 0 aliphatic carbocycles. The normalized spacial score (nSPS) is 15.3. The van der Waals surface area contributed by atoms with Gasteiger partial charge in [0.05, 0.1) is 25.5 Å². The molecular weight excluding hydrogens is 358 g/mol. The molecule has 6 nitrogen and oxygen atoms in total. The first kappa shape index (κ1) is 19.6. The summed E-state index contributed by atoms with van der Waals surface area (Å²) >= 11 is 1.69. The molecule has 1 aromatic heterocycles. The number of hydrogen-bond acceptors (Lipinski definition) is 5. The highest BCUT2D eigenvalue weighted by molar-refractivity contribution is 7.09. The summed E-state index contributed by atoms with van der Waals surface area (Å²) < 4.78 is 5.41. The van der Waals surface area contributed by atoms with Crippen LogP contribution in [-0.4, -0.2) is 44.3 Å². The van der Waals surface area contributed by atoms with Gasteiger partial charge < -0.3 is 20.3 Å². The Morgan fingerprint density at radius 3 is 2.52 bits per heavy atom. The first-order chi connectivity index (χ1) is 13.2. The quantitative estimate of drug-likeness (QED) is 0.589. The average molecular weight is 388 g/mol. The molecule has 1 aliphatic rings. The third-order valence-corrected chi connectivity index (χ3v) is 5.43. The van der Waals surface area contributed by atoms with Crippen LogP contribution in [0.25, 0.3) is 0 Å². The highest BCUT2D eigenvalue weighted by atomic mass is 32.1. The maximum Gasteiger partial charge on any atom is 0.191 e. The number of thiazole rings is 1. The molecule has 7 heteroatoms. The Morgan fingerprint density at radius 2 is 1.89 bits per heavy atom. The van der Waals surface area contributed by atoms with Crippen LogP contribution in [-0.2, 0) is 17.8 Å². The molecule has 0 unspecified atom stereocenters. The second-order valence-electron chi connectivity index (χ2n) is 6.87. The van der Waals surface area contributed by atoms with E-state index in [9.17, 15) is 0 Å². The molecule has 0 bridgehead atoms. The summed E-state index contributed by atoms with van der Waals surface area (Å²) in [6.45, 7) is 9.29. The van der Waals surface area contributed by atoms with Gasteiger partial charge in [0.25, 0.3) is 0 Å². The lowest BCUT2D eigenvalue weighted by molar-refractivity contribution is 0.122. The van der Waals surface area contributed by atoms with Crippen LogP contribution in [0.2, 0.25) is 0 Å². The van der Waals surface area contributed by atoms with Crippen molar-refractivity contribution >= 4 is 23.0 Å². The number of nitrogens with one attached hydrogen (secondary N) is 2. The molecule has 0 radical (unpaired) electrons. The smallest absolute Gasteiger partial charge is 0.191 e. The highest BCUT2D eigenvalue weighted by Gasteiger charge is 2.11. The van der Waals surface area contributed by atoms with Gasteiger partial charge in [-0.2, -0.15) is 0 Å². The van der Waals surface area contributed by atoms with Crippen molar-refractivity contribution in [3.63, 3.8) is 0 Å². The van der Waals surface area contributed by atoms with E-state index in [0.29, 0.717) is 12.5 Å². The summed E-state index contributed by atoms with van der Waals surface area (Å²) in [6, 6.07) is 8.70. The zero-order chi connectivity index (χ0) is 19.1. The van der Waals surface area contributed by atoms with Crippen molar-refractivity contribution in [2.75, 3.05) is 38.3 Å². The Labute approximate surface area is 165 Å². The molecule has 0 spiro atoms. The second-order valence-corrected chi connectivity index (χ2v) is 7.81. The Balaban J connectivity index is 1.47. The van der Waals surface area contributed by atoms with Crippen LogP contribution >= 0.6 is 11.3 Å². The predicted octanol–water partition coefficient (Wildman–Crippen LogP) is 2.97. The van der Waals surface area contributed by atoms with E-state index in [2.05, 4.69) is 69.0 Å². The van der Waals surface area contributed by atoms with Crippen molar-refractivity contribution in [1.29, 1.82) is 0 Å². The second kappa shape index (κ2) is 9.71. The van der Waals surface area contributed by atoms with Crippen LogP contribution in [0.15, 0.2) is 34.6 Å². The van der Waals surface area contributed by atoms with Gasteiger partial charge in [-0.3, -0.25) is 4.99 Å². The monoisotopic (exact) mass is 387 g/mol. The lowest BCUT2D eigenvalue weighted by atomic mass is 10.2. The Kier molecular flexibility index (Phi) is 7.06. The molecule has 2 N–H and O–H groups in total. The van der Waals surface area contributed by atoms with E-state index in [1.54, 1.807) is 18.4 Å². The minimum absolute atomic E-state index is 0.466. The number of rotatable bonds is 6. The number of morpholine rings is 1. The average Bonchev–Trinajstić information content (AvgIpc) is 3.19. The van der Waals surface area contributed by atoms with E-state index in [4.69, 9.17) is 4.74 Å². The van der Waals surface area contributed by atoms with Crippen LogP contribution in [0.4, 0.5) is 5.69 Å². The molecule has 1 fully saturated rings. The number of hydrogen-bond donors (Lipinski definition) is 2. The molecule has 3 rings (SSSR count). The van der Waals surface area contributed by atoms with Gasteiger partial charge in [0.2, 0.25) is 0 Å². The largest absolute Gasteiger partial charge is 0.378 e. The van der Waals surface area contributed by atoms with Crippen LogP contribution in [0.3, 0.4) is 0 Å². The Morgan fingerprint density at radius 1 is 1.19 bits per heavy atom. The van der Waals surface area contributed by atoms with Gasteiger partial charge in [-0.05, 0) is 23.6 Å². The molecule has 0 atom stereocenters. The van der Waals surface area contributed by atoms with Crippen molar-refractivity contribution in [3.05, 3.63) is 45.9 Å². The molecule has 2 aromatic rings. The topological polar surface area (TPSA) is 61.8 Å². The summed E-state index contributed by atoms with van der Waals surface area (Å²) in [4.78, 5) is 11.3. The summed E-state index contributed by atoms with van der Waals surface area (Å²) in [7, 11) is 1.79. The van der Waals surface area contributed by atoms with Gasteiger partial charge in [-0.25, -0.2) is 4.98 Å².